The fourth-order valence-electron chi connectivity index (χ4n) is 2.83. The molecule has 0 saturated heterocycles. The molecule has 1 aliphatic carbocycles. The topological polar surface area (TPSA) is 67.6 Å². The van der Waals surface area contributed by atoms with E-state index in [4.69, 9.17) is 10.5 Å². The lowest BCUT2D eigenvalue weighted by atomic mass is 9.96. The molecule has 2 unspecified atom stereocenters. The van der Waals surface area contributed by atoms with Crippen molar-refractivity contribution >= 4 is 5.91 Å². The van der Waals surface area contributed by atoms with E-state index in [1.54, 1.807) is 0 Å². The summed E-state index contributed by atoms with van der Waals surface area (Å²) in [5.74, 6) is -0.228. The highest BCUT2D eigenvalue weighted by molar-refractivity contribution is 5.85. The summed E-state index contributed by atoms with van der Waals surface area (Å²) in [6, 6.07) is 0.426. The summed E-state index contributed by atoms with van der Waals surface area (Å²) in [6.45, 7) is 7.57. The molecule has 1 amide bonds. The van der Waals surface area contributed by atoms with E-state index in [0.717, 1.165) is 45.6 Å². The number of ether oxygens (including phenoxy) is 1. The second kappa shape index (κ2) is 7.07. The fraction of sp³-hybridized carbons (Fsp3) is 0.923. The molecule has 5 nitrogen and oxygen atoms in total. The van der Waals surface area contributed by atoms with Gasteiger partial charge in [-0.25, -0.2) is 0 Å². The number of nitrogens with one attached hydrogen (secondary N) is 1. The van der Waals surface area contributed by atoms with Gasteiger partial charge in [0.25, 0.3) is 0 Å². The molecule has 5 heteroatoms. The Kier molecular flexibility index (Phi) is 6.05. The molecule has 0 aliphatic heterocycles. The summed E-state index contributed by atoms with van der Waals surface area (Å²) >= 11 is 0. The van der Waals surface area contributed by atoms with Gasteiger partial charge in [-0.15, -0.1) is 0 Å². The third-order valence-electron chi connectivity index (χ3n) is 4.09. The maximum Gasteiger partial charge on any atom is 0.237 e. The lowest BCUT2D eigenvalue weighted by Gasteiger charge is -2.30. The SMILES string of the molecule is CCOCCN(CC)C1CCC(NC)(C(N)=O)C1. The largest absolute Gasteiger partial charge is 0.380 e. The standard InChI is InChI=1S/C13H27N3O2/c1-4-16(8-9-18-5-2)11-6-7-13(10-11,15-3)12(14)17/h11,15H,4-10H2,1-3H3,(H2,14,17). The van der Waals surface area contributed by atoms with Gasteiger partial charge < -0.3 is 15.8 Å². The van der Waals surface area contributed by atoms with Crippen molar-refractivity contribution in [2.24, 2.45) is 5.73 Å². The summed E-state index contributed by atoms with van der Waals surface area (Å²) < 4.78 is 5.40. The zero-order chi connectivity index (χ0) is 13.6. The van der Waals surface area contributed by atoms with E-state index >= 15 is 0 Å². The Morgan fingerprint density at radius 2 is 2.28 bits per heavy atom. The number of carbonyl (C=O) groups excluding carboxylic acids is 1. The minimum absolute atomic E-state index is 0.228. The van der Waals surface area contributed by atoms with Gasteiger partial charge in [-0.05, 0) is 39.8 Å². The summed E-state index contributed by atoms with van der Waals surface area (Å²) in [7, 11) is 1.82. The van der Waals surface area contributed by atoms with Crippen molar-refractivity contribution in [1.29, 1.82) is 0 Å². The normalized spacial score (nSPS) is 27.9. The zero-order valence-corrected chi connectivity index (χ0v) is 11.9. The lowest BCUT2D eigenvalue weighted by Crippen LogP contribution is -2.53. The Bertz CT molecular complexity index is 273. The smallest absolute Gasteiger partial charge is 0.237 e. The average molecular weight is 257 g/mol. The maximum absolute atomic E-state index is 11.6. The second-order valence-corrected chi connectivity index (χ2v) is 4.92. The van der Waals surface area contributed by atoms with Crippen LogP contribution in [0.25, 0.3) is 0 Å². The van der Waals surface area contributed by atoms with E-state index in [1.165, 1.54) is 0 Å². The van der Waals surface area contributed by atoms with Crippen LogP contribution in [-0.4, -0.2) is 55.7 Å². The first-order valence-electron chi connectivity index (χ1n) is 6.90. The summed E-state index contributed by atoms with van der Waals surface area (Å²) in [6.07, 6.45) is 2.65. The van der Waals surface area contributed by atoms with E-state index in [9.17, 15) is 4.79 Å². The van der Waals surface area contributed by atoms with Gasteiger partial charge in [0.2, 0.25) is 5.91 Å². The van der Waals surface area contributed by atoms with Crippen LogP contribution in [-0.2, 0) is 9.53 Å². The highest BCUT2D eigenvalue weighted by atomic mass is 16.5. The minimum Gasteiger partial charge on any atom is -0.380 e. The molecule has 0 spiro atoms. The van der Waals surface area contributed by atoms with Crippen LogP contribution < -0.4 is 11.1 Å². The van der Waals surface area contributed by atoms with Crippen LogP contribution in [0.2, 0.25) is 0 Å². The number of primary amides is 1. The van der Waals surface area contributed by atoms with Gasteiger partial charge in [0, 0.05) is 19.2 Å². The Hall–Kier alpha value is -0.650. The van der Waals surface area contributed by atoms with Crippen molar-refractivity contribution in [3.63, 3.8) is 0 Å². The summed E-state index contributed by atoms with van der Waals surface area (Å²) in [5.41, 5.74) is 5.01. The van der Waals surface area contributed by atoms with Crippen molar-refractivity contribution in [3.8, 4) is 0 Å². The van der Waals surface area contributed by atoms with Crippen molar-refractivity contribution < 1.29 is 9.53 Å². The molecule has 106 valence electrons. The number of hydrogen-bond donors (Lipinski definition) is 2. The van der Waals surface area contributed by atoms with Crippen molar-refractivity contribution in [2.75, 3.05) is 33.4 Å². The molecule has 0 bridgehead atoms. The zero-order valence-electron chi connectivity index (χ0n) is 11.9. The highest BCUT2D eigenvalue weighted by Crippen LogP contribution is 2.32. The lowest BCUT2D eigenvalue weighted by molar-refractivity contribution is -0.124. The van der Waals surface area contributed by atoms with Crippen molar-refractivity contribution in [3.05, 3.63) is 0 Å². The van der Waals surface area contributed by atoms with E-state index in [2.05, 4.69) is 17.1 Å². The van der Waals surface area contributed by atoms with Crippen LogP contribution in [0.15, 0.2) is 0 Å². The molecule has 1 saturated carbocycles. The van der Waals surface area contributed by atoms with E-state index in [0.29, 0.717) is 6.04 Å². The Labute approximate surface area is 110 Å². The predicted octanol–water partition coefficient (Wildman–Crippen LogP) is 0.341. The molecule has 3 N–H and O–H groups in total. The second-order valence-electron chi connectivity index (χ2n) is 4.92. The Balaban J connectivity index is 2.54. The van der Waals surface area contributed by atoms with Crippen LogP contribution >= 0.6 is 0 Å². The van der Waals surface area contributed by atoms with Crippen LogP contribution in [0, 0.1) is 0 Å². The molecule has 0 aromatic rings. The molecule has 0 aromatic heterocycles. The number of rotatable bonds is 8. The molecule has 1 aliphatic rings. The predicted molar refractivity (Wildman–Crippen MR) is 72.4 cm³/mol. The first-order chi connectivity index (χ1) is 8.59. The Morgan fingerprint density at radius 3 is 2.72 bits per heavy atom. The van der Waals surface area contributed by atoms with Crippen LogP contribution in [0.3, 0.4) is 0 Å². The van der Waals surface area contributed by atoms with Gasteiger partial charge in [-0.3, -0.25) is 9.69 Å². The molecular formula is C13H27N3O2. The molecule has 1 fully saturated rings. The van der Waals surface area contributed by atoms with Gasteiger partial charge in [0.15, 0.2) is 0 Å². The van der Waals surface area contributed by atoms with Gasteiger partial charge in [0.1, 0.15) is 0 Å². The number of nitrogens with zero attached hydrogens (tertiary/aromatic N) is 1. The first-order valence-corrected chi connectivity index (χ1v) is 6.90. The molecule has 1 rings (SSSR count). The molecule has 0 radical (unpaired) electrons. The Morgan fingerprint density at radius 1 is 1.56 bits per heavy atom. The van der Waals surface area contributed by atoms with Gasteiger partial charge in [0.05, 0.1) is 12.1 Å². The number of nitrogens with two attached hydrogens (primary N) is 1. The van der Waals surface area contributed by atoms with Gasteiger partial charge in [-0.1, -0.05) is 6.92 Å². The average Bonchev–Trinajstić information content (AvgIpc) is 2.80. The molecule has 18 heavy (non-hydrogen) atoms. The maximum atomic E-state index is 11.6. The minimum atomic E-state index is -0.510. The quantitative estimate of drug-likeness (QED) is 0.615. The van der Waals surface area contributed by atoms with Crippen molar-refractivity contribution in [2.45, 2.75) is 44.7 Å². The monoisotopic (exact) mass is 257 g/mol. The molecule has 0 heterocycles. The summed E-state index contributed by atoms with van der Waals surface area (Å²) in [4.78, 5) is 14.0. The van der Waals surface area contributed by atoms with E-state index < -0.39 is 5.54 Å². The first kappa shape index (κ1) is 15.4. The van der Waals surface area contributed by atoms with Crippen LogP contribution in [0.1, 0.15) is 33.1 Å². The molecule has 2 atom stereocenters. The van der Waals surface area contributed by atoms with Crippen LogP contribution in [0.4, 0.5) is 0 Å². The van der Waals surface area contributed by atoms with E-state index in [1.807, 2.05) is 14.0 Å². The number of amides is 1. The third-order valence-corrected chi connectivity index (χ3v) is 4.09. The number of likely N-dealkylation sites (N-methyl/N-ethyl adjacent to an activating group) is 2. The summed E-state index contributed by atoms with van der Waals surface area (Å²) in [5, 5.41) is 3.12. The van der Waals surface area contributed by atoms with Crippen LogP contribution in [0.5, 0.6) is 0 Å². The van der Waals surface area contributed by atoms with E-state index in [-0.39, 0.29) is 5.91 Å². The fourth-order valence-corrected chi connectivity index (χ4v) is 2.83. The molecular weight excluding hydrogens is 230 g/mol. The number of hydrogen-bond acceptors (Lipinski definition) is 4. The van der Waals surface area contributed by atoms with Crippen molar-refractivity contribution in [1.82, 2.24) is 10.2 Å². The number of carbonyl (C=O) groups is 1. The van der Waals surface area contributed by atoms with Gasteiger partial charge in [-0.2, -0.15) is 0 Å². The van der Waals surface area contributed by atoms with Gasteiger partial charge >= 0.3 is 0 Å². The third kappa shape index (κ3) is 3.43. The highest BCUT2D eigenvalue weighted by Gasteiger charge is 2.44. The molecule has 0 aromatic carbocycles.